The molecule has 0 fully saturated rings. The van der Waals surface area contributed by atoms with E-state index in [4.69, 9.17) is 9.15 Å². The van der Waals surface area contributed by atoms with E-state index in [1.54, 1.807) is 12.1 Å². The van der Waals surface area contributed by atoms with Crippen LogP contribution in [0.3, 0.4) is 0 Å². The molecule has 2 aromatic carbocycles. The fourth-order valence-electron chi connectivity index (χ4n) is 2.82. The molecule has 0 aliphatic carbocycles. The molecule has 0 radical (unpaired) electrons. The number of amides is 1. The minimum atomic E-state index is -0.402. The van der Waals surface area contributed by atoms with Gasteiger partial charge in [0.05, 0.1) is 0 Å². The van der Waals surface area contributed by atoms with Gasteiger partial charge in [0.25, 0.3) is 5.91 Å². The lowest BCUT2D eigenvalue weighted by Gasteiger charge is -2.09. The molecule has 0 aliphatic rings. The van der Waals surface area contributed by atoms with Crippen LogP contribution in [-0.2, 0) is 11.2 Å². The summed E-state index contributed by atoms with van der Waals surface area (Å²) < 4.78 is 10.7. The Bertz CT molecular complexity index is 991. The van der Waals surface area contributed by atoms with E-state index in [9.17, 15) is 9.59 Å². The van der Waals surface area contributed by atoms with Gasteiger partial charge in [-0.3, -0.25) is 4.79 Å². The van der Waals surface area contributed by atoms with Gasteiger partial charge in [-0.15, -0.1) is 0 Å². The Balaban J connectivity index is 1.53. The second kappa shape index (κ2) is 7.87. The first-order valence-corrected chi connectivity index (χ1v) is 8.51. The van der Waals surface area contributed by atoms with Gasteiger partial charge >= 0.3 is 5.63 Å². The van der Waals surface area contributed by atoms with Crippen molar-refractivity contribution in [3.05, 3.63) is 75.6 Å². The molecule has 3 rings (SSSR count). The van der Waals surface area contributed by atoms with Crippen molar-refractivity contribution in [2.45, 2.75) is 20.3 Å². The molecule has 1 N–H and O–H groups in total. The van der Waals surface area contributed by atoms with Crippen LogP contribution >= 0.6 is 0 Å². The predicted octanol–water partition coefficient (Wildman–Crippen LogP) is 3.15. The third-order valence-corrected chi connectivity index (χ3v) is 4.27. The summed E-state index contributed by atoms with van der Waals surface area (Å²) in [5.41, 5.74) is 3.32. The maximum absolute atomic E-state index is 12.0. The average molecular weight is 351 g/mol. The highest BCUT2D eigenvalue weighted by atomic mass is 16.5. The maximum atomic E-state index is 12.0. The first-order valence-electron chi connectivity index (χ1n) is 8.51. The van der Waals surface area contributed by atoms with Gasteiger partial charge in [0.2, 0.25) is 0 Å². The first kappa shape index (κ1) is 17.7. The van der Waals surface area contributed by atoms with Crippen LogP contribution in [0.25, 0.3) is 11.0 Å². The van der Waals surface area contributed by atoms with Crippen molar-refractivity contribution < 1.29 is 13.9 Å². The third kappa shape index (κ3) is 4.30. The van der Waals surface area contributed by atoms with E-state index in [2.05, 4.69) is 24.4 Å². The number of carbonyl (C=O) groups is 1. The van der Waals surface area contributed by atoms with Gasteiger partial charge in [-0.2, -0.15) is 0 Å². The lowest BCUT2D eigenvalue weighted by atomic mass is 10.1. The Labute approximate surface area is 151 Å². The summed E-state index contributed by atoms with van der Waals surface area (Å²) in [6, 6.07) is 14.8. The summed E-state index contributed by atoms with van der Waals surface area (Å²) in [6.45, 7) is 4.37. The largest absolute Gasteiger partial charge is 0.484 e. The summed E-state index contributed by atoms with van der Waals surface area (Å²) in [7, 11) is 0. The van der Waals surface area contributed by atoms with Crippen LogP contribution in [0, 0.1) is 13.8 Å². The van der Waals surface area contributed by atoms with Crippen molar-refractivity contribution in [2.24, 2.45) is 0 Å². The van der Waals surface area contributed by atoms with Crippen LogP contribution in [-0.4, -0.2) is 19.1 Å². The first-order chi connectivity index (χ1) is 12.5. The average Bonchev–Trinajstić information content (AvgIpc) is 2.61. The predicted molar refractivity (Wildman–Crippen MR) is 101 cm³/mol. The summed E-state index contributed by atoms with van der Waals surface area (Å²) in [4.78, 5) is 23.4. The summed E-state index contributed by atoms with van der Waals surface area (Å²) in [5, 5.41) is 3.69. The molecular formula is C21H21NO4. The molecule has 1 heterocycles. The normalized spacial score (nSPS) is 10.7. The Hall–Kier alpha value is -3.08. The smallest absolute Gasteiger partial charge is 0.336 e. The molecule has 0 saturated carbocycles. The van der Waals surface area contributed by atoms with Crippen LogP contribution in [0.2, 0.25) is 0 Å². The molecule has 3 aromatic rings. The van der Waals surface area contributed by atoms with E-state index < -0.39 is 5.63 Å². The SMILES string of the molecule is Cc1ccccc1CCNC(=O)COc1ccc2c(C)cc(=O)oc2c1. The number of hydrogen-bond donors (Lipinski definition) is 1. The Morgan fingerprint density at radius 1 is 1.08 bits per heavy atom. The van der Waals surface area contributed by atoms with Gasteiger partial charge in [-0.05, 0) is 49.1 Å². The Kier molecular flexibility index (Phi) is 5.37. The number of hydrogen-bond acceptors (Lipinski definition) is 4. The van der Waals surface area contributed by atoms with Crippen molar-refractivity contribution in [3.63, 3.8) is 0 Å². The van der Waals surface area contributed by atoms with Crippen molar-refractivity contribution in [3.8, 4) is 5.75 Å². The van der Waals surface area contributed by atoms with Crippen LogP contribution in [0.4, 0.5) is 0 Å². The Morgan fingerprint density at radius 3 is 2.69 bits per heavy atom. The van der Waals surface area contributed by atoms with Gasteiger partial charge in [-0.1, -0.05) is 24.3 Å². The fourth-order valence-corrected chi connectivity index (χ4v) is 2.82. The second-order valence-corrected chi connectivity index (χ2v) is 6.22. The molecule has 0 spiro atoms. The monoisotopic (exact) mass is 351 g/mol. The van der Waals surface area contributed by atoms with E-state index in [0.717, 1.165) is 17.4 Å². The van der Waals surface area contributed by atoms with Crippen molar-refractivity contribution >= 4 is 16.9 Å². The van der Waals surface area contributed by atoms with E-state index in [-0.39, 0.29) is 12.5 Å². The zero-order valence-corrected chi connectivity index (χ0v) is 14.9. The molecule has 0 unspecified atom stereocenters. The number of carbonyl (C=O) groups excluding carboxylic acids is 1. The molecule has 134 valence electrons. The molecule has 0 atom stereocenters. The molecular weight excluding hydrogens is 330 g/mol. The quantitative estimate of drug-likeness (QED) is 0.693. The minimum Gasteiger partial charge on any atom is -0.484 e. The summed E-state index contributed by atoms with van der Waals surface area (Å²) in [5.74, 6) is 0.296. The van der Waals surface area contributed by atoms with E-state index in [1.807, 2.05) is 25.1 Å². The second-order valence-electron chi connectivity index (χ2n) is 6.22. The molecule has 0 saturated heterocycles. The minimum absolute atomic E-state index is 0.0880. The highest BCUT2D eigenvalue weighted by Crippen LogP contribution is 2.22. The van der Waals surface area contributed by atoms with Gasteiger partial charge in [0, 0.05) is 24.1 Å². The van der Waals surface area contributed by atoms with Crippen LogP contribution in [0.1, 0.15) is 16.7 Å². The molecule has 1 aromatic heterocycles. The van der Waals surface area contributed by atoms with Crippen LogP contribution in [0.5, 0.6) is 5.75 Å². The number of fused-ring (bicyclic) bond motifs is 1. The summed E-state index contributed by atoms with van der Waals surface area (Å²) in [6.07, 6.45) is 0.777. The number of benzene rings is 2. The maximum Gasteiger partial charge on any atom is 0.336 e. The number of aryl methyl sites for hydroxylation is 2. The lowest BCUT2D eigenvalue weighted by Crippen LogP contribution is -2.30. The number of rotatable bonds is 6. The summed E-state index contributed by atoms with van der Waals surface area (Å²) >= 11 is 0. The highest BCUT2D eigenvalue weighted by Gasteiger charge is 2.07. The zero-order chi connectivity index (χ0) is 18.5. The van der Waals surface area contributed by atoms with E-state index in [0.29, 0.717) is 17.9 Å². The lowest BCUT2D eigenvalue weighted by molar-refractivity contribution is -0.123. The topological polar surface area (TPSA) is 68.5 Å². The van der Waals surface area contributed by atoms with Gasteiger partial charge in [-0.25, -0.2) is 4.79 Å². The van der Waals surface area contributed by atoms with Crippen molar-refractivity contribution in [1.82, 2.24) is 5.32 Å². The standard InChI is InChI=1S/C21H21NO4/c1-14-5-3-4-6-16(14)9-10-22-20(23)13-25-17-7-8-18-15(2)11-21(24)26-19(18)12-17/h3-8,11-12H,9-10,13H2,1-2H3,(H,22,23). The Morgan fingerprint density at radius 2 is 1.88 bits per heavy atom. The van der Waals surface area contributed by atoms with Crippen molar-refractivity contribution in [2.75, 3.05) is 13.2 Å². The van der Waals surface area contributed by atoms with E-state index in [1.165, 1.54) is 17.2 Å². The fraction of sp³-hybridized carbons (Fsp3) is 0.238. The zero-order valence-electron chi connectivity index (χ0n) is 14.9. The molecule has 5 nitrogen and oxygen atoms in total. The van der Waals surface area contributed by atoms with Gasteiger partial charge < -0.3 is 14.5 Å². The molecule has 1 amide bonds. The van der Waals surface area contributed by atoms with E-state index >= 15 is 0 Å². The van der Waals surface area contributed by atoms with Crippen LogP contribution in [0.15, 0.2) is 57.7 Å². The third-order valence-electron chi connectivity index (χ3n) is 4.27. The van der Waals surface area contributed by atoms with Crippen molar-refractivity contribution in [1.29, 1.82) is 0 Å². The highest BCUT2D eigenvalue weighted by molar-refractivity contribution is 5.81. The van der Waals surface area contributed by atoms with Gasteiger partial charge in [0.15, 0.2) is 6.61 Å². The molecule has 0 bridgehead atoms. The number of nitrogens with one attached hydrogen (secondary N) is 1. The van der Waals surface area contributed by atoms with Crippen LogP contribution < -0.4 is 15.7 Å². The molecule has 0 aliphatic heterocycles. The molecule has 5 heteroatoms. The molecule has 26 heavy (non-hydrogen) atoms. The number of ether oxygens (including phenoxy) is 1. The van der Waals surface area contributed by atoms with Gasteiger partial charge in [0.1, 0.15) is 11.3 Å².